The number of rotatable bonds is 5. The normalized spacial score (nSPS) is 11.2. The Morgan fingerprint density at radius 2 is 1.93 bits per heavy atom. The molecule has 11 heteroatoms. The highest BCUT2D eigenvalue weighted by Gasteiger charge is 2.33. The van der Waals surface area contributed by atoms with Crippen LogP contribution in [-0.4, -0.2) is 22.4 Å². The Morgan fingerprint density at radius 3 is 2.59 bits per heavy atom. The van der Waals surface area contributed by atoms with Crippen molar-refractivity contribution in [2.45, 2.75) is 12.7 Å². The summed E-state index contributed by atoms with van der Waals surface area (Å²) in [4.78, 5) is 4.24. The van der Waals surface area contributed by atoms with Gasteiger partial charge in [0.2, 0.25) is 11.7 Å². The van der Waals surface area contributed by atoms with Crippen LogP contribution in [-0.2, 0) is 12.7 Å². The summed E-state index contributed by atoms with van der Waals surface area (Å²) in [6.45, 7) is 0.0920. The minimum absolute atomic E-state index is 0.0876. The molecule has 2 aromatic carbocycles. The van der Waals surface area contributed by atoms with Gasteiger partial charge in [-0.3, -0.25) is 0 Å². The third-order valence-electron chi connectivity index (χ3n) is 3.75. The van der Waals surface area contributed by atoms with E-state index in [-0.39, 0.29) is 28.3 Å². The molecule has 152 valence electrons. The number of ether oxygens (including phenoxy) is 1. The zero-order valence-corrected chi connectivity index (χ0v) is 16.5. The number of methoxy groups -OCH3 is 1. The van der Waals surface area contributed by atoms with Crippen molar-refractivity contribution in [2.24, 2.45) is 0 Å². The first-order valence-electron chi connectivity index (χ1n) is 8.15. The van der Waals surface area contributed by atoms with Crippen LogP contribution in [0, 0.1) is 0 Å². The lowest BCUT2D eigenvalue weighted by Crippen LogP contribution is -2.28. The summed E-state index contributed by atoms with van der Waals surface area (Å²) in [5, 5.41) is 9.03. The maximum absolute atomic E-state index is 12.9. The van der Waals surface area contributed by atoms with Gasteiger partial charge in [0.1, 0.15) is 5.75 Å². The van der Waals surface area contributed by atoms with Gasteiger partial charge in [0.05, 0.1) is 24.2 Å². The molecular weight excluding hydrogens is 429 g/mol. The van der Waals surface area contributed by atoms with Crippen LogP contribution < -0.4 is 15.4 Å². The summed E-state index contributed by atoms with van der Waals surface area (Å²) >= 11 is 10.7. The molecule has 0 spiro atoms. The van der Waals surface area contributed by atoms with E-state index >= 15 is 0 Å². The van der Waals surface area contributed by atoms with E-state index in [2.05, 4.69) is 20.8 Å². The summed E-state index contributed by atoms with van der Waals surface area (Å²) in [7, 11) is 1.57. The first kappa shape index (κ1) is 20.9. The molecule has 0 saturated heterocycles. The molecule has 29 heavy (non-hydrogen) atoms. The van der Waals surface area contributed by atoms with Gasteiger partial charge in [0.15, 0.2) is 5.11 Å². The number of thiocarbonyl (C=S) groups is 1. The Hall–Kier alpha value is -2.85. The number of benzene rings is 2. The average molecular weight is 443 g/mol. The molecule has 1 heterocycles. The second-order valence-corrected chi connectivity index (χ2v) is 6.56. The van der Waals surface area contributed by atoms with Gasteiger partial charge in [-0.2, -0.15) is 18.2 Å². The molecule has 0 bridgehead atoms. The van der Waals surface area contributed by atoms with Gasteiger partial charge in [-0.1, -0.05) is 16.8 Å². The quantitative estimate of drug-likeness (QED) is 0.544. The van der Waals surface area contributed by atoms with Crippen LogP contribution in [0.15, 0.2) is 47.0 Å². The zero-order chi connectivity index (χ0) is 21.0. The van der Waals surface area contributed by atoms with Gasteiger partial charge < -0.3 is 19.9 Å². The lowest BCUT2D eigenvalue weighted by atomic mass is 10.2. The van der Waals surface area contributed by atoms with E-state index in [4.69, 9.17) is 33.1 Å². The SMILES string of the molecule is COc1ccc(-c2noc(CNC(=S)Nc3ccc(Cl)c(C(F)(F)F)c3)n2)cc1. The smallest absolute Gasteiger partial charge is 0.417 e. The molecule has 1 aromatic heterocycles. The van der Waals surface area contributed by atoms with Crippen molar-refractivity contribution in [3.05, 3.63) is 58.9 Å². The monoisotopic (exact) mass is 442 g/mol. The highest BCUT2D eigenvalue weighted by atomic mass is 35.5. The topological polar surface area (TPSA) is 72.2 Å². The molecule has 0 amide bonds. The molecule has 3 aromatic rings. The van der Waals surface area contributed by atoms with Crippen molar-refractivity contribution in [3.8, 4) is 17.1 Å². The molecule has 0 atom stereocenters. The molecular formula is C18H14ClF3N4O2S. The largest absolute Gasteiger partial charge is 0.497 e. The lowest BCUT2D eigenvalue weighted by molar-refractivity contribution is -0.137. The molecule has 3 rings (SSSR count). The van der Waals surface area contributed by atoms with Gasteiger partial charge in [-0.25, -0.2) is 0 Å². The van der Waals surface area contributed by atoms with Crippen molar-refractivity contribution >= 4 is 34.6 Å². The standard InChI is InChI=1S/C18H14ClF3N4O2S/c1-27-12-5-2-10(3-6-12)16-25-15(28-26-16)9-23-17(29)24-11-4-7-14(19)13(8-11)18(20,21)22/h2-8H,9H2,1H3,(H2,23,24,29). The van der Waals surface area contributed by atoms with E-state index in [1.54, 1.807) is 31.4 Å². The number of halogens is 4. The number of alkyl halides is 3. The van der Waals surface area contributed by atoms with Crippen molar-refractivity contribution in [3.63, 3.8) is 0 Å². The van der Waals surface area contributed by atoms with Crippen LogP contribution in [0.5, 0.6) is 5.75 Å². The Balaban J connectivity index is 1.59. The van der Waals surface area contributed by atoms with E-state index in [9.17, 15) is 13.2 Å². The Kier molecular flexibility index (Phi) is 6.23. The number of hydrogen-bond donors (Lipinski definition) is 2. The molecule has 0 aliphatic heterocycles. The van der Waals surface area contributed by atoms with Crippen molar-refractivity contribution in [2.75, 3.05) is 12.4 Å². The first-order valence-corrected chi connectivity index (χ1v) is 8.93. The van der Waals surface area contributed by atoms with E-state index < -0.39 is 11.7 Å². The number of hydrogen-bond acceptors (Lipinski definition) is 5. The zero-order valence-electron chi connectivity index (χ0n) is 14.9. The predicted molar refractivity (Wildman–Crippen MR) is 106 cm³/mol. The fourth-order valence-corrected chi connectivity index (χ4v) is 2.75. The number of aromatic nitrogens is 2. The molecule has 0 fully saturated rings. The van der Waals surface area contributed by atoms with Crippen molar-refractivity contribution < 1.29 is 22.4 Å². The van der Waals surface area contributed by atoms with Crippen LogP contribution >= 0.6 is 23.8 Å². The first-order chi connectivity index (χ1) is 13.8. The third-order valence-corrected chi connectivity index (χ3v) is 4.32. The highest BCUT2D eigenvalue weighted by Crippen LogP contribution is 2.36. The van der Waals surface area contributed by atoms with Crippen LogP contribution in [0.25, 0.3) is 11.4 Å². The molecule has 0 radical (unpaired) electrons. The average Bonchev–Trinajstić information content (AvgIpc) is 3.16. The fourth-order valence-electron chi connectivity index (χ4n) is 2.34. The molecule has 0 aliphatic carbocycles. The van der Waals surface area contributed by atoms with Crippen LogP contribution in [0.1, 0.15) is 11.5 Å². The van der Waals surface area contributed by atoms with Crippen LogP contribution in [0.2, 0.25) is 5.02 Å². The second kappa shape index (κ2) is 8.66. The van der Waals surface area contributed by atoms with Crippen LogP contribution in [0.4, 0.5) is 18.9 Å². The molecule has 0 aliphatic rings. The second-order valence-electron chi connectivity index (χ2n) is 5.74. The van der Waals surface area contributed by atoms with Gasteiger partial charge in [0.25, 0.3) is 0 Å². The van der Waals surface area contributed by atoms with E-state index in [0.717, 1.165) is 17.7 Å². The van der Waals surface area contributed by atoms with E-state index in [1.807, 2.05) is 0 Å². The summed E-state index contributed by atoms with van der Waals surface area (Å²) < 4.78 is 49.0. The third kappa shape index (κ3) is 5.36. The Labute approximate surface area is 174 Å². The van der Waals surface area contributed by atoms with E-state index in [0.29, 0.717) is 11.6 Å². The summed E-state index contributed by atoms with van der Waals surface area (Å²) in [5.74, 6) is 1.34. The van der Waals surface area contributed by atoms with Gasteiger partial charge in [0, 0.05) is 11.3 Å². The maximum atomic E-state index is 12.9. The van der Waals surface area contributed by atoms with Gasteiger partial charge in [-0.05, 0) is 54.7 Å². The summed E-state index contributed by atoms with van der Waals surface area (Å²) in [5.41, 5.74) is -0.0703. The van der Waals surface area contributed by atoms with Gasteiger partial charge >= 0.3 is 6.18 Å². The lowest BCUT2D eigenvalue weighted by Gasteiger charge is -2.13. The fraction of sp³-hybridized carbons (Fsp3) is 0.167. The molecule has 2 N–H and O–H groups in total. The molecule has 0 unspecified atom stereocenters. The minimum atomic E-state index is -4.56. The summed E-state index contributed by atoms with van der Waals surface area (Å²) in [6, 6.07) is 10.5. The van der Waals surface area contributed by atoms with Gasteiger partial charge in [-0.15, -0.1) is 0 Å². The van der Waals surface area contributed by atoms with Crippen molar-refractivity contribution in [1.82, 2.24) is 15.5 Å². The Bertz CT molecular complexity index is 1010. The molecule has 6 nitrogen and oxygen atoms in total. The number of anilines is 1. The van der Waals surface area contributed by atoms with E-state index in [1.165, 1.54) is 6.07 Å². The maximum Gasteiger partial charge on any atom is 0.417 e. The summed E-state index contributed by atoms with van der Waals surface area (Å²) in [6.07, 6.45) is -4.56. The van der Waals surface area contributed by atoms with Crippen LogP contribution in [0.3, 0.4) is 0 Å². The predicted octanol–water partition coefficient (Wildman–Crippen LogP) is 4.90. The molecule has 0 saturated carbocycles. The number of nitrogens with one attached hydrogen (secondary N) is 2. The Morgan fingerprint density at radius 1 is 1.21 bits per heavy atom. The number of nitrogens with zero attached hydrogens (tertiary/aromatic N) is 2. The minimum Gasteiger partial charge on any atom is -0.497 e. The van der Waals surface area contributed by atoms with Crippen molar-refractivity contribution in [1.29, 1.82) is 0 Å². The highest BCUT2D eigenvalue weighted by molar-refractivity contribution is 7.80.